The van der Waals surface area contributed by atoms with Crippen LogP contribution in [0.25, 0.3) is 10.2 Å². The van der Waals surface area contributed by atoms with Gasteiger partial charge in [0, 0.05) is 4.88 Å². The first-order valence-electron chi connectivity index (χ1n) is 7.56. The number of fused-ring (bicyclic) bond motifs is 1. The minimum Gasteiger partial charge on any atom is -0.454 e. The second kappa shape index (κ2) is 6.20. The number of hydrogen-bond acceptors (Lipinski definition) is 8. The fraction of sp³-hybridized carbons (Fsp3) is 0.375. The Balaban J connectivity index is 1.83. The summed E-state index contributed by atoms with van der Waals surface area (Å²) in [5.74, 6) is 0.730. The van der Waals surface area contributed by atoms with Crippen LogP contribution in [0.1, 0.15) is 45.0 Å². The fourth-order valence-corrected chi connectivity index (χ4v) is 3.57. The average molecular weight is 346 g/mol. The van der Waals surface area contributed by atoms with Gasteiger partial charge in [-0.25, -0.2) is 14.8 Å². The van der Waals surface area contributed by atoms with Crippen molar-refractivity contribution < 1.29 is 14.1 Å². The first kappa shape index (κ1) is 16.4. The van der Waals surface area contributed by atoms with E-state index in [4.69, 9.17) is 15.0 Å². The van der Waals surface area contributed by atoms with Crippen LogP contribution in [0, 0.1) is 20.8 Å². The SMILES string of the molecule is CCc1noc(C)c1C(=O)OCc1nc(N)c2c(C)c(C)sc2n1. The maximum Gasteiger partial charge on any atom is 0.344 e. The van der Waals surface area contributed by atoms with Gasteiger partial charge in [-0.1, -0.05) is 12.1 Å². The van der Waals surface area contributed by atoms with E-state index in [0.29, 0.717) is 35.1 Å². The van der Waals surface area contributed by atoms with Gasteiger partial charge >= 0.3 is 5.97 Å². The van der Waals surface area contributed by atoms with E-state index in [1.807, 2.05) is 20.8 Å². The van der Waals surface area contributed by atoms with Gasteiger partial charge in [-0.3, -0.25) is 0 Å². The number of aromatic nitrogens is 3. The Morgan fingerprint density at radius 3 is 2.75 bits per heavy atom. The van der Waals surface area contributed by atoms with Gasteiger partial charge in [0.25, 0.3) is 0 Å². The summed E-state index contributed by atoms with van der Waals surface area (Å²) < 4.78 is 10.4. The zero-order valence-corrected chi connectivity index (χ0v) is 14.8. The van der Waals surface area contributed by atoms with Crippen molar-refractivity contribution in [3.63, 3.8) is 0 Å². The Morgan fingerprint density at radius 1 is 1.29 bits per heavy atom. The topological polar surface area (TPSA) is 104 Å². The first-order valence-corrected chi connectivity index (χ1v) is 8.38. The Bertz CT molecular complexity index is 929. The van der Waals surface area contributed by atoms with Crippen LogP contribution in [-0.4, -0.2) is 21.1 Å². The third-order valence-electron chi connectivity index (χ3n) is 3.91. The number of nitrogens with two attached hydrogens (primary N) is 1. The number of carbonyl (C=O) groups is 1. The minimum absolute atomic E-state index is 0.0528. The van der Waals surface area contributed by atoms with E-state index in [-0.39, 0.29) is 6.61 Å². The van der Waals surface area contributed by atoms with Crippen LogP contribution in [-0.2, 0) is 17.8 Å². The Kier molecular flexibility index (Phi) is 4.23. The van der Waals surface area contributed by atoms with E-state index in [0.717, 1.165) is 20.7 Å². The van der Waals surface area contributed by atoms with Crippen molar-refractivity contribution in [2.24, 2.45) is 0 Å². The quantitative estimate of drug-likeness (QED) is 0.724. The molecule has 0 bridgehead atoms. The van der Waals surface area contributed by atoms with Crippen molar-refractivity contribution in [2.45, 2.75) is 40.7 Å². The summed E-state index contributed by atoms with van der Waals surface area (Å²) in [5.41, 5.74) is 8.07. The van der Waals surface area contributed by atoms with Gasteiger partial charge in [0.2, 0.25) is 0 Å². The summed E-state index contributed by atoms with van der Waals surface area (Å²) in [6.45, 7) is 7.53. The number of nitrogen functional groups attached to an aromatic ring is 1. The second-order valence-corrected chi connectivity index (χ2v) is 6.68. The molecule has 0 atom stereocenters. The number of esters is 1. The molecule has 0 saturated carbocycles. The highest BCUT2D eigenvalue weighted by Gasteiger charge is 2.21. The predicted octanol–water partition coefficient (Wildman–Crippen LogP) is 3.11. The summed E-state index contributed by atoms with van der Waals surface area (Å²) in [4.78, 5) is 22.9. The summed E-state index contributed by atoms with van der Waals surface area (Å²) >= 11 is 1.55. The zero-order chi connectivity index (χ0) is 17.4. The van der Waals surface area contributed by atoms with E-state index in [9.17, 15) is 4.79 Å². The van der Waals surface area contributed by atoms with Gasteiger partial charge in [-0.2, -0.15) is 0 Å². The van der Waals surface area contributed by atoms with E-state index in [1.54, 1.807) is 18.3 Å². The van der Waals surface area contributed by atoms with E-state index >= 15 is 0 Å². The molecule has 2 N–H and O–H groups in total. The lowest BCUT2D eigenvalue weighted by Crippen LogP contribution is -2.10. The summed E-state index contributed by atoms with van der Waals surface area (Å²) in [6.07, 6.45) is 0.588. The number of anilines is 1. The first-order chi connectivity index (χ1) is 11.4. The molecule has 0 aliphatic heterocycles. The van der Waals surface area contributed by atoms with Crippen molar-refractivity contribution in [3.05, 3.63) is 33.3 Å². The van der Waals surface area contributed by atoms with Gasteiger partial charge in [0.1, 0.15) is 22.0 Å². The maximum atomic E-state index is 12.3. The Labute approximate surface area is 142 Å². The lowest BCUT2D eigenvalue weighted by molar-refractivity contribution is 0.0459. The zero-order valence-electron chi connectivity index (χ0n) is 14.0. The van der Waals surface area contributed by atoms with Crippen LogP contribution < -0.4 is 5.73 Å². The molecule has 0 aromatic carbocycles. The molecule has 3 aromatic rings. The van der Waals surface area contributed by atoms with Crippen LogP contribution in [0.3, 0.4) is 0 Å². The van der Waals surface area contributed by atoms with E-state index < -0.39 is 5.97 Å². The van der Waals surface area contributed by atoms with Gasteiger partial charge in [-0.15, -0.1) is 11.3 Å². The summed E-state index contributed by atoms with van der Waals surface area (Å²) in [6, 6.07) is 0. The van der Waals surface area contributed by atoms with Crippen molar-refractivity contribution in [1.82, 2.24) is 15.1 Å². The third kappa shape index (κ3) is 2.73. The highest BCUT2D eigenvalue weighted by atomic mass is 32.1. The van der Waals surface area contributed by atoms with Crippen molar-refractivity contribution in [2.75, 3.05) is 5.73 Å². The monoisotopic (exact) mass is 346 g/mol. The molecule has 0 spiro atoms. The van der Waals surface area contributed by atoms with Gasteiger partial charge in [0.05, 0.1) is 11.1 Å². The molecule has 0 aliphatic rings. The third-order valence-corrected chi connectivity index (χ3v) is 5.01. The molecule has 3 heterocycles. The molecule has 3 aromatic heterocycles. The smallest absolute Gasteiger partial charge is 0.344 e. The lowest BCUT2D eigenvalue weighted by atomic mass is 10.1. The molecule has 3 rings (SSSR count). The normalized spacial score (nSPS) is 11.2. The maximum absolute atomic E-state index is 12.3. The van der Waals surface area contributed by atoms with Crippen LogP contribution in [0.15, 0.2) is 4.52 Å². The number of hydrogen-bond donors (Lipinski definition) is 1. The molecule has 24 heavy (non-hydrogen) atoms. The summed E-state index contributed by atoms with van der Waals surface area (Å²) in [5, 5.41) is 4.72. The van der Waals surface area contributed by atoms with Gasteiger partial charge in [-0.05, 0) is 32.8 Å². The van der Waals surface area contributed by atoms with Gasteiger partial charge < -0.3 is 15.0 Å². The minimum atomic E-state index is -0.494. The molecule has 0 aliphatic carbocycles. The molecule has 126 valence electrons. The van der Waals surface area contributed by atoms with E-state index in [1.165, 1.54) is 0 Å². The fourth-order valence-electron chi connectivity index (χ4n) is 2.51. The van der Waals surface area contributed by atoms with Crippen LogP contribution in [0.2, 0.25) is 0 Å². The van der Waals surface area contributed by atoms with Crippen molar-refractivity contribution in [3.8, 4) is 0 Å². The number of aryl methyl sites for hydroxylation is 4. The molecule has 8 heteroatoms. The second-order valence-electron chi connectivity index (χ2n) is 5.48. The molecule has 7 nitrogen and oxygen atoms in total. The molecule has 0 radical (unpaired) electrons. The van der Waals surface area contributed by atoms with Gasteiger partial charge in [0.15, 0.2) is 12.4 Å². The standard InChI is InChI=1S/C16H18N4O3S/c1-5-10-13(8(3)23-20-10)16(21)22-6-11-18-14(17)12-7(2)9(4)24-15(12)19-11/h5-6H2,1-4H3,(H2,17,18,19). The molecule has 0 saturated heterocycles. The number of rotatable bonds is 4. The van der Waals surface area contributed by atoms with Crippen molar-refractivity contribution >= 4 is 33.3 Å². The van der Waals surface area contributed by atoms with Crippen molar-refractivity contribution in [1.29, 1.82) is 0 Å². The highest BCUT2D eigenvalue weighted by molar-refractivity contribution is 7.18. The molecular weight excluding hydrogens is 328 g/mol. The largest absolute Gasteiger partial charge is 0.454 e. The molecule has 0 fully saturated rings. The van der Waals surface area contributed by atoms with Crippen LogP contribution in [0.4, 0.5) is 5.82 Å². The molecule has 0 amide bonds. The predicted molar refractivity (Wildman–Crippen MR) is 91.0 cm³/mol. The number of thiophene rings is 1. The van der Waals surface area contributed by atoms with E-state index in [2.05, 4.69) is 15.1 Å². The summed E-state index contributed by atoms with van der Waals surface area (Å²) in [7, 11) is 0. The highest BCUT2D eigenvalue weighted by Crippen LogP contribution is 2.31. The number of nitrogens with zero attached hydrogens (tertiary/aromatic N) is 3. The Hall–Kier alpha value is -2.48. The number of ether oxygens (including phenoxy) is 1. The van der Waals surface area contributed by atoms with Crippen LogP contribution in [0.5, 0.6) is 0 Å². The lowest BCUT2D eigenvalue weighted by Gasteiger charge is -2.05. The Morgan fingerprint density at radius 2 is 2.04 bits per heavy atom. The molecular formula is C16H18N4O3S. The molecule has 0 unspecified atom stereocenters. The number of carbonyl (C=O) groups excluding carboxylic acids is 1. The average Bonchev–Trinajstić information content (AvgIpc) is 3.05. The van der Waals surface area contributed by atoms with Crippen LogP contribution >= 0.6 is 11.3 Å².